The molecule has 106 valence electrons. The van der Waals surface area contributed by atoms with E-state index in [1.54, 1.807) is 12.1 Å². The highest BCUT2D eigenvalue weighted by Crippen LogP contribution is 2.21. The van der Waals surface area contributed by atoms with Gasteiger partial charge in [0.05, 0.1) is 18.8 Å². The van der Waals surface area contributed by atoms with E-state index in [1.165, 1.54) is 0 Å². The van der Waals surface area contributed by atoms with Crippen molar-refractivity contribution < 1.29 is 14.6 Å². The van der Waals surface area contributed by atoms with Gasteiger partial charge in [0.1, 0.15) is 11.9 Å². The summed E-state index contributed by atoms with van der Waals surface area (Å²) in [4.78, 5) is 14.8. The minimum atomic E-state index is -1.26. The average Bonchev–Trinajstić information content (AvgIpc) is 2.35. The predicted octanol–water partition coefficient (Wildman–Crippen LogP) is -0.0433. The highest BCUT2D eigenvalue weighted by molar-refractivity contribution is 5.79. The number of primary amides is 1. The summed E-state index contributed by atoms with van der Waals surface area (Å²) in [6.45, 7) is 4.52. The van der Waals surface area contributed by atoms with E-state index in [2.05, 4.69) is 10.3 Å². The lowest BCUT2D eigenvalue weighted by atomic mass is 10.2. The van der Waals surface area contributed by atoms with Crippen molar-refractivity contribution in [3.05, 3.63) is 12.1 Å². The fourth-order valence-corrected chi connectivity index (χ4v) is 1.21. The van der Waals surface area contributed by atoms with Crippen LogP contribution in [0.25, 0.3) is 0 Å². The molecular formula is C12H20N4O3. The normalized spacial score (nSPS) is 12.2. The fourth-order valence-electron chi connectivity index (χ4n) is 1.21. The van der Waals surface area contributed by atoms with Crippen LogP contribution in [0, 0.1) is 5.92 Å². The first-order valence-electron chi connectivity index (χ1n) is 6.00. The summed E-state index contributed by atoms with van der Waals surface area (Å²) in [7, 11) is 0. The van der Waals surface area contributed by atoms with E-state index in [1.807, 2.05) is 13.8 Å². The largest absolute Gasteiger partial charge is 0.476 e. The van der Waals surface area contributed by atoms with Gasteiger partial charge in [0.2, 0.25) is 11.8 Å². The maximum Gasteiger partial charge on any atom is 0.248 e. The van der Waals surface area contributed by atoms with E-state index in [-0.39, 0.29) is 6.54 Å². The molecule has 0 aromatic carbocycles. The second kappa shape index (κ2) is 6.79. The maximum atomic E-state index is 10.7. The van der Waals surface area contributed by atoms with Gasteiger partial charge in [-0.2, -0.15) is 4.98 Å². The molecule has 1 aromatic rings. The lowest BCUT2D eigenvalue weighted by molar-refractivity contribution is -0.125. The second-order valence-corrected chi connectivity index (χ2v) is 4.59. The van der Waals surface area contributed by atoms with Gasteiger partial charge in [0, 0.05) is 0 Å². The van der Waals surface area contributed by atoms with Gasteiger partial charge in [-0.3, -0.25) is 4.79 Å². The molecule has 0 spiro atoms. The summed E-state index contributed by atoms with van der Waals surface area (Å²) in [5.41, 5.74) is 11.1. The van der Waals surface area contributed by atoms with Gasteiger partial charge >= 0.3 is 0 Å². The number of amides is 1. The third-order valence-electron chi connectivity index (χ3n) is 2.25. The first-order chi connectivity index (χ1) is 8.90. The Hall–Kier alpha value is -2.02. The minimum absolute atomic E-state index is 0.0180. The summed E-state index contributed by atoms with van der Waals surface area (Å²) >= 11 is 0. The van der Waals surface area contributed by atoms with Crippen molar-refractivity contribution in [2.45, 2.75) is 20.0 Å². The lowest BCUT2D eigenvalue weighted by Crippen LogP contribution is -2.34. The molecule has 1 atom stereocenters. The first-order valence-corrected chi connectivity index (χ1v) is 6.00. The Bertz CT molecular complexity index is 437. The van der Waals surface area contributed by atoms with Gasteiger partial charge in [-0.1, -0.05) is 13.8 Å². The summed E-state index contributed by atoms with van der Waals surface area (Å²) in [5.74, 6) is 0.342. The molecule has 1 unspecified atom stereocenters. The van der Waals surface area contributed by atoms with Gasteiger partial charge in [0.25, 0.3) is 0 Å². The van der Waals surface area contributed by atoms with E-state index in [9.17, 15) is 9.90 Å². The minimum Gasteiger partial charge on any atom is -0.476 e. The number of rotatable bonds is 7. The first kappa shape index (κ1) is 15.0. The van der Waals surface area contributed by atoms with Gasteiger partial charge in [0.15, 0.2) is 0 Å². The van der Waals surface area contributed by atoms with Gasteiger partial charge in [-0.15, -0.1) is 0 Å². The number of nitrogens with one attached hydrogen (secondary N) is 1. The van der Waals surface area contributed by atoms with Crippen LogP contribution in [0.2, 0.25) is 0 Å². The summed E-state index contributed by atoms with van der Waals surface area (Å²) in [6, 6.07) is 3.27. The molecule has 7 heteroatoms. The number of ether oxygens (including phenoxy) is 1. The fraction of sp³-hybridized carbons (Fsp3) is 0.500. The summed E-state index contributed by atoms with van der Waals surface area (Å²) in [6.07, 6.45) is -1.26. The van der Waals surface area contributed by atoms with Crippen molar-refractivity contribution in [2.24, 2.45) is 11.7 Å². The van der Waals surface area contributed by atoms with Crippen LogP contribution in [0.5, 0.6) is 5.88 Å². The molecule has 1 amide bonds. The lowest BCUT2D eigenvalue weighted by Gasteiger charge is -2.13. The van der Waals surface area contributed by atoms with Gasteiger partial charge in [-0.05, 0) is 18.1 Å². The Morgan fingerprint density at radius 1 is 1.53 bits per heavy atom. The van der Waals surface area contributed by atoms with Crippen molar-refractivity contribution in [3.8, 4) is 5.88 Å². The Balaban J connectivity index is 2.65. The van der Waals surface area contributed by atoms with Crippen molar-refractivity contribution in [3.63, 3.8) is 0 Å². The summed E-state index contributed by atoms with van der Waals surface area (Å²) < 4.78 is 5.46. The third kappa shape index (κ3) is 5.01. The van der Waals surface area contributed by atoms with E-state index in [0.717, 1.165) is 0 Å². The number of carbonyl (C=O) groups is 1. The van der Waals surface area contributed by atoms with E-state index < -0.39 is 12.0 Å². The highest BCUT2D eigenvalue weighted by Gasteiger charge is 2.11. The number of aliphatic hydroxyl groups is 1. The molecule has 0 aliphatic rings. The van der Waals surface area contributed by atoms with Crippen LogP contribution in [0.4, 0.5) is 11.5 Å². The van der Waals surface area contributed by atoms with Crippen LogP contribution in [0.1, 0.15) is 13.8 Å². The quantitative estimate of drug-likeness (QED) is 0.550. The smallest absolute Gasteiger partial charge is 0.248 e. The highest BCUT2D eigenvalue weighted by atomic mass is 16.5. The molecule has 1 aromatic heterocycles. The molecule has 0 radical (unpaired) electrons. The number of hydrogen-bond donors (Lipinski definition) is 4. The second-order valence-electron chi connectivity index (χ2n) is 4.59. The zero-order valence-electron chi connectivity index (χ0n) is 11.1. The van der Waals surface area contributed by atoms with Crippen LogP contribution in [-0.4, -0.2) is 35.3 Å². The molecule has 0 saturated heterocycles. The number of nitrogen functional groups attached to an aromatic ring is 1. The molecule has 0 bridgehead atoms. The standard InChI is InChI=1S/C12H20N4O3/c1-7(2)6-19-12-8(13)3-4-10(16-12)15-5-9(17)11(14)18/h3-4,7,9,17H,5-6,13H2,1-2H3,(H2,14,18)(H,15,16). The Morgan fingerprint density at radius 2 is 2.21 bits per heavy atom. The van der Waals surface area contributed by atoms with Crippen LogP contribution < -0.4 is 21.5 Å². The number of nitrogens with zero attached hydrogens (tertiary/aromatic N) is 1. The topological polar surface area (TPSA) is 123 Å². The number of aromatic nitrogens is 1. The molecular weight excluding hydrogens is 248 g/mol. The molecule has 19 heavy (non-hydrogen) atoms. The number of hydrogen-bond acceptors (Lipinski definition) is 6. The molecule has 6 N–H and O–H groups in total. The van der Waals surface area contributed by atoms with E-state index in [0.29, 0.717) is 29.9 Å². The number of carbonyl (C=O) groups excluding carboxylic acids is 1. The van der Waals surface area contributed by atoms with Crippen molar-refractivity contribution in [1.82, 2.24) is 4.98 Å². The Kier molecular flexibility index (Phi) is 5.37. The van der Waals surface area contributed by atoms with Crippen LogP contribution in [-0.2, 0) is 4.79 Å². The number of aliphatic hydroxyl groups excluding tert-OH is 1. The van der Waals surface area contributed by atoms with Crippen LogP contribution >= 0.6 is 0 Å². The van der Waals surface area contributed by atoms with Crippen molar-refractivity contribution in [2.75, 3.05) is 24.2 Å². The van der Waals surface area contributed by atoms with Crippen molar-refractivity contribution in [1.29, 1.82) is 0 Å². The predicted molar refractivity (Wildman–Crippen MR) is 72.7 cm³/mol. The Morgan fingerprint density at radius 3 is 2.79 bits per heavy atom. The molecule has 0 saturated carbocycles. The molecule has 0 aliphatic carbocycles. The summed E-state index contributed by atoms with van der Waals surface area (Å²) in [5, 5.41) is 12.1. The SMILES string of the molecule is CC(C)COc1nc(NCC(O)C(N)=O)ccc1N. The monoisotopic (exact) mass is 268 g/mol. The van der Waals surface area contributed by atoms with Crippen LogP contribution in [0.15, 0.2) is 12.1 Å². The van der Waals surface area contributed by atoms with Crippen LogP contribution in [0.3, 0.4) is 0 Å². The molecule has 0 fully saturated rings. The zero-order chi connectivity index (χ0) is 14.4. The third-order valence-corrected chi connectivity index (χ3v) is 2.25. The van der Waals surface area contributed by atoms with Gasteiger partial charge in [-0.25, -0.2) is 0 Å². The zero-order valence-corrected chi connectivity index (χ0v) is 11.1. The average molecular weight is 268 g/mol. The molecule has 0 aliphatic heterocycles. The molecule has 1 heterocycles. The van der Waals surface area contributed by atoms with E-state index >= 15 is 0 Å². The number of nitrogens with two attached hydrogens (primary N) is 2. The Labute approximate surface area is 112 Å². The number of anilines is 2. The maximum absolute atomic E-state index is 10.7. The molecule has 7 nitrogen and oxygen atoms in total. The molecule has 1 rings (SSSR count). The van der Waals surface area contributed by atoms with Crippen molar-refractivity contribution >= 4 is 17.4 Å². The van der Waals surface area contributed by atoms with Gasteiger partial charge < -0.3 is 26.6 Å². The van der Waals surface area contributed by atoms with E-state index in [4.69, 9.17) is 16.2 Å². The number of pyridine rings is 1.